The highest BCUT2D eigenvalue weighted by molar-refractivity contribution is 7.90. The Bertz CT molecular complexity index is 766. The number of benzene rings is 1. The van der Waals surface area contributed by atoms with Gasteiger partial charge in [0.05, 0.1) is 11.0 Å². The van der Waals surface area contributed by atoms with E-state index < -0.39 is 22.9 Å². The van der Waals surface area contributed by atoms with Crippen LogP contribution in [0.15, 0.2) is 24.3 Å². The lowest BCUT2D eigenvalue weighted by Gasteiger charge is -2.11. The minimum atomic E-state index is -4.67. The molecule has 11 heteroatoms. The molecule has 0 aliphatic rings. The zero-order chi connectivity index (χ0) is 15.7. The van der Waals surface area contributed by atoms with E-state index in [4.69, 9.17) is 11.6 Å². The van der Waals surface area contributed by atoms with E-state index in [0.717, 1.165) is 0 Å². The van der Waals surface area contributed by atoms with E-state index in [9.17, 15) is 21.6 Å². The monoisotopic (exact) mass is 340 g/mol. The van der Waals surface area contributed by atoms with Gasteiger partial charge in [0.1, 0.15) is 6.54 Å². The van der Waals surface area contributed by atoms with E-state index in [2.05, 4.69) is 9.97 Å². The van der Waals surface area contributed by atoms with Gasteiger partial charge < -0.3 is 0 Å². The molecule has 2 rings (SSSR count). The molecule has 0 saturated heterocycles. The van der Waals surface area contributed by atoms with E-state index in [1.165, 1.54) is 4.72 Å². The molecule has 0 aliphatic carbocycles. The van der Waals surface area contributed by atoms with E-state index in [1.54, 1.807) is 29.0 Å². The fourth-order valence-electron chi connectivity index (χ4n) is 1.38. The lowest BCUT2D eigenvalue weighted by atomic mass is 10.3. The summed E-state index contributed by atoms with van der Waals surface area (Å²) in [5.74, 6) is -0.356. The van der Waals surface area contributed by atoms with Crippen molar-refractivity contribution in [1.82, 2.24) is 14.7 Å². The maximum Gasteiger partial charge on any atom is 0.402 e. The van der Waals surface area contributed by atoms with Gasteiger partial charge in [0.2, 0.25) is 0 Å². The number of alkyl halides is 3. The minimum absolute atomic E-state index is 0.272. The first-order chi connectivity index (χ1) is 9.66. The molecule has 0 saturated carbocycles. The van der Waals surface area contributed by atoms with Gasteiger partial charge in [-0.1, -0.05) is 23.7 Å². The van der Waals surface area contributed by atoms with Gasteiger partial charge in [0.15, 0.2) is 11.0 Å². The van der Waals surface area contributed by atoms with Crippen LogP contribution in [-0.2, 0) is 10.2 Å². The lowest BCUT2D eigenvalue weighted by Crippen LogP contribution is -2.37. The summed E-state index contributed by atoms with van der Waals surface area (Å²) >= 11 is 5.75. The van der Waals surface area contributed by atoms with Crippen LogP contribution in [0.1, 0.15) is 0 Å². The molecule has 0 fully saturated rings. The normalized spacial score (nSPS) is 12.6. The molecule has 0 unspecified atom stereocenters. The third kappa shape index (κ3) is 4.41. The first-order valence-electron chi connectivity index (χ1n) is 5.43. The SMILES string of the molecule is O=S(=O)(NCC(F)(F)F)Nc1nc2ccccc2nc1Cl. The second-order valence-corrected chi connectivity index (χ2v) is 5.75. The summed E-state index contributed by atoms with van der Waals surface area (Å²) in [6.45, 7) is -1.71. The van der Waals surface area contributed by atoms with Crippen molar-refractivity contribution in [3.8, 4) is 0 Å². The van der Waals surface area contributed by atoms with Gasteiger partial charge in [0.25, 0.3) is 0 Å². The second-order valence-electron chi connectivity index (χ2n) is 3.89. The molecular formula is C10H8ClF3N4O2S. The van der Waals surface area contributed by atoms with Crippen molar-refractivity contribution in [2.75, 3.05) is 11.3 Å². The molecule has 0 radical (unpaired) electrons. The van der Waals surface area contributed by atoms with Crippen molar-refractivity contribution in [1.29, 1.82) is 0 Å². The molecule has 2 N–H and O–H groups in total. The van der Waals surface area contributed by atoms with Crippen molar-refractivity contribution in [3.63, 3.8) is 0 Å². The summed E-state index contributed by atoms with van der Waals surface area (Å²) < 4.78 is 62.1. The number of halogens is 4. The third-order valence-electron chi connectivity index (χ3n) is 2.22. The molecule has 1 aromatic heterocycles. The van der Waals surface area contributed by atoms with Gasteiger partial charge in [-0.2, -0.15) is 26.3 Å². The van der Waals surface area contributed by atoms with Crippen LogP contribution in [0.2, 0.25) is 5.15 Å². The largest absolute Gasteiger partial charge is 0.402 e. The summed E-state index contributed by atoms with van der Waals surface area (Å²) in [6.07, 6.45) is -4.67. The van der Waals surface area contributed by atoms with Crippen LogP contribution in [-0.4, -0.2) is 31.1 Å². The summed E-state index contributed by atoms with van der Waals surface area (Å²) in [5.41, 5.74) is 0.768. The van der Waals surface area contributed by atoms with Crippen LogP contribution in [0.3, 0.4) is 0 Å². The zero-order valence-electron chi connectivity index (χ0n) is 10.1. The van der Waals surface area contributed by atoms with Gasteiger partial charge in [0, 0.05) is 0 Å². The van der Waals surface area contributed by atoms with E-state index in [-0.39, 0.29) is 11.0 Å². The molecule has 21 heavy (non-hydrogen) atoms. The van der Waals surface area contributed by atoms with Crippen LogP contribution < -0.4 is 9.44 Å². The number of aromatic nitrogens is 2. The Morgan fingerprint density at radius 2 is 1.71 bits per heavy atom. The topological polar surface area (TPSA) is 84.0 Å². The van der Waals surface area contributed by atoms with Gasteiger partial charge in [-0.15, -0.1) is 0 Å². The zero-order valence-corrected chi connectivity index (χ0v) is 11.7. The molecule has 1 heterocycles. The van der Waals surface area contributed by atoms with E-state index in [1.807, 2.05) is 0 Å². The Morgan fingerprint density at radius 3 is 2.29 bits per heavy atom. The Morgan fingerprint density at radius 1 is 1.14 bits per heavy atom. The highest BCUT2D eigenvalue weighted by atomic mass is 35.5. The lowest BCUT2D eigenvalue weighted by molar-refractivity contribution is -0.121. The van der Waals surface area contributed by atoms with Crippen molar-refractivity contribution in [2.45, 2.75) is 6.18 Å². The van der Waals surface area contributed by atoms with Gasteiger partial charge >= 0.3 is 16.4 Å². The number of hydrogen-bond donors (Lipinski definition) is 2. The predicted molar refractivity (Wildman–Crippen MR) is 71.1 cm³/mol. The number of fused-ring (bicyclic) bond motifs is 1. The van der Waals surface area contributed by atoms with Gasteiger partial charge in [-0.25, -0.2) is 9.97 Å². The summed E-state index contributed by atoms with van der Waals surface area (Å²) in [5, 5.41) is -0.272. The highest BCUT2D eigenvalue weighted by Crippen LogP contribution is 2.21. The fourth-order valence-corrected chi connectivity index (χ4v) is 2.44. The molecule has 0 amide bonds. The molecule has 0 atom stereocenters. The number of anilines is 1. The molecule has 0 bridgehead atoms. The summed E-state index contributed by atoms with van der Waals surface area (Å²) in [7, 11) is -4.47. The number of hydrogen-bond acceptors (Lipinski definition) is 4. The molecule has 1 aromatic carbocycles. The smallest absolute Gasteiger partial charge is 0.252 e. The van der Waals surface area contributed by atoms with Crippen molar-refractivity contribution in [3.05, 3.63) is 29.4 Å². The Hall–Kier alpha value is -1.65. The van der Waals surface area contributed by atoms with Crippen molar-refractivity contribution in [2.24, 2.45) is 0 Å². The van der Waals surface area contributed by atoms with Crippen molar-refractivity contribution >= 4 is 38.7 Å². The summed E-state index contributed by atoms with van der Waals surface area (Å²) in [4.78, 5) is 7.79. The van der Waals surface area contributed by atoms with Crippen molar-refractivity contribution < 1.29 is 21.6 Å². The molecule has 114 valence electrons. The standard InChI is InChI=1S/C10H8ClF3N4O2S/c11-8-9(17-7-4-2-1-3-6(7)16-8)18-21(19,20)15-5-10(12,13)14/h1-4,15H,5H2,(H,17,18). The molecular weight excluding hydrogens is 333 g/mol. The summed E-state index contributed by atoms with van der Waals surface area (Å²) in [6, 6.07) is 6.49. The minimum Gasteiger partial charge on any atom is -0.252 e. The van der Waals surface area contributed by atoms with Crippen LogP contribution in [0, 0.1) is 0 Å². The van der Waals surface area contributed by atoms with E-state index >= 15 is 0 Å². The van der Waals surface area contributed by atoms with Gasteiger partial charge in [-0.05, 0) is 12.1 Å². The number of rotatable bonds is 4. The number of nitrogens with zero attached hydrogens (tertiary/aromatic N) is 2. The van der Waals surface area contributed by atoms with Gasteiger partial charge in [-0.3, -0.25) is 4.72 Å². The average Bonchev–Trinajstić information content (AvgIpc) is 2.36. The van der Waals surface area contributed by atoms with Crippen LogP contribution in [0.5, 0.6) is 0 Å². The average molecular weight is 341 g/mol. The predicted octanol–water partition coefficient (Wildman–Crippen LogP) is 2.09. The molecule has 0 aliphatic heterocycles. The number of nitrogens with one attached hydrogen (secondary N) is 2. The fraction of sp³-hybridized carbons (Fsp3) is 0.200. The Balaban J connectivity index is 2.24. The second kappa shape index (κ2) is 5.62. The van der Waals surface area contributed by atoms with Crippen LogP contribution in [0.4, 0.5) is 19.0 Å². The quantitative estimate of drug-likeness (QED) is 0.892. The first kappa shape index (κ1) is 15.7. The van der Waals surface area contributed by atoms with Crippen LogP contribution in [0.25, 0.3) is 11.0 Å². The Labute approximate surface area is 122 Å². The first-order valence-corrected chi connectivity index (χ1v) is 7.29. The maximum absolute atomic E-state index is 12.0. The number of para-hydroxylation sites is 2. The van der Waals surface area contributed by atoms with Crippen LogP contribution >= 0.6 is 11.6 Å². The molecule has 6 nitrogen and oxygen atoms in total. The third-order valence-corrected chi connectivity index (χ3v) is 3.47. The highest BCUT2D eigenvalue weighted by Gasteiger charge is 2.29. The maximum atomic E-state index is 12.0. The molecule has 0 spiro atoms. The Kier molecular flexibility index (Phi) is 4.21. The van der Waals surface area contributed by atoms with E-state index in [0.29, 0.717) is 11.0 Å². The molecule has 2 aromatic rings.